The second kappa shape index (κ2) is 2.54. The average Bonchev–Trinajstić information content (AvgIpc) is 2.02. The first-order valence-electron chi connectivity index (χ1n) is 4.45. The summed E-state index contributed by atoms with van der Waals surface area (Å²) in [7, 11) is 0. The van der Waals surface area contributed by atoms with Crippen molar-refractivity contribution in [2.45, 2.75) is 33.1 Å². The van der Waals surface area contributed by atoms with Crippen LogP contribution in [0.4, 0.5) is 0 Å². The van der Waals surface area contributed by atoms with E-state index < -0.39 is 0 Å². The summed E-state index contributed by atoms with van der Waals surface area (Å²) in [5.41, 5.74) is 3.04. The molecular formula is C10H14N2. The van der Waals surface area contributed by atoms with Gasteiger partial charge in [-0.2, -0.15) is 0 Å². The predicted octanol–water partition coefficient (Wildman–Crippen LogP) is 1.99. The number of rotatable bonds is 0. The molecule has 1 aliphatic carbocycles. The maximum Gasteiger partial charge on any atom is 0.115 e. The van der Waals surface area contributed by atoms with Gasteiger partial charge in [0.15, 0.2) is 0 Å². The van der Waals surface area contributed by atoms with Gasteiger partial charge in [0, 0.05) is 11.9 Å². The lowest BCUT2D eigenvalue weighted by Crippen LogP contribution is -2.23. The molecule has 2 rings (SSSR count). The van der Waals surface area contributed by atoms with Gasteiger partial charge in [-0.3, -0.25) is 0 Å². The second-order valence-corrected chi connectivity index (χ2v) is 4.34. The SMILES string of the molecule is CC1(C)CCc2ncncc2C1. The largest absolute Gasteiger partial charge is 0.245 e. The highest BCUT2D eigenvalue weighted by atomic mass is 14.8. The van der Waals surface area contributed by atoms with E-state index in [-0.39, 0.29) is 0 Å². The normalized spacial score (nSPS) is 20.2. The predicted molar refractivity (Wildman–Crippen MR) is 47.8 cm³/mol. The van der Waals surface area contributed by atoms with Crippen LogP contribution < -0.4 is 0 Å². The van der Waals surface area contributed by atoms with E-state index in [1.807, 2.05) is 6.20 Å². The van der Waals surface area contributed by atoms with Crippen LogP contribution in [0.1, 0.15) is 31.5 Å². The molecule has 2 nitrogen and oxygen atoms in total. The van der Waals surface area contributed by atoms with E-state index in [2.05, 4.69) is 23.8 Å². The highest BCUT2D eigenvalue weighted by Gasteiger charge is 2.25. The van der Waals surface area contributed by atoms with E-state index in [0.717, 1.165) is 12.8 Å². The molecule has 0 aliphatic heterocycles. The molecule has 0 bridgehead atoms. The van der Waals surface area contributed by atoms with Crippen LogP contribution in [-0.2, 0) is 12.8 Å². The summed E-state index contributed by atoms with van der Waals surface area (Å²) in [5, 5.41) is 0. The van der Waals surface area contributed by atoms with Gasteiger partial charge in [0.25, 0.3) is 0 Å². The summed E-state index contributed by atoms with van der Waals surface area (Å²) in [6, 6.07) is 0. The Balaban J connectivity index is 2.35. The van der Waals surface area contributed by atoms with E-state index in [1.165, 1.54) is 17.7 Å². The lowest BCUT2D eigenvalue weighted by molar-refractivity contribution is 0.311. The molecule has 12 heavy (non-hydrogen) atoms. The molecule has 64 valence electrons. The van der Waals surface area contributed by atoms with Crippen LogP contribution in [0, 0.1) is 5.41 Å². The van der Waals surface area contributed by atoms with Gasteiger partial charge in [0.1, 0.15) is 6.33 Å². The van der Waals surface area contributed by atoms with Crippen molar-refractivity contribution in [3.63, 3.8) is 0 Å². The molecule has 0 saturated heterocycles. The topological polar surface area (TPSA) is 25.8 Å². The number of nitrogens with zero attached hydrogens (tertiary/aromatic N) is 2. The van der Waals surface area contributed by atoms with Crippen LogP contribution in [0.5, 0.6) is 0 Å². The number of fused-ring (bicyclic) bond motifs is 1. The van der Waals surface area contributed by atoms with Crippen LogP contribution in [0.2, 0.25) is 0 Å². The Hall–Kier alpha value is -0.920. The van der Waals surface area contributed by atoms with Crippen LogP contribution >= 0.6 is 0 Å². The molecule has 0 spiro atoms. The van der Waals surface area contributed by atoms with Gasteiger partial charge in [0.05, 0.1) is 0 Å². The third-order valence-corrected chi connectivity index (χ3v) is 2.59. The lowest BCUT2D eigenvalue weighted by Gasteiger charge is -2.29. The number of aryl methyl sites for hydroxylation is 1. The van der Waals surface area contributed by atoms with E-state index >= 15 is 0 Å². The smallest absolute Gasteiger partial charge is 0.115 e. The fourth-order valence-corrected chi connectivity index (χ4v) is 1.82. The van der Waals surface area contributed by atoms with Gasteiger partial charge in [-0.25, -0.2) is 9.97 Å². The zero-order chi connectivity index (χ0) is 8.60. The van der Waals surface area contributed by atoms with Crippen molar-refractivity contribution in [3.8, 4) is 0 Å². The van der Waals surface area contributed by atoms with Crippen molar-refractivity contribution in [1.29, 1.82) is 0 Å². The Labute approximate surface area is 73.1 Å². The van der Waals surface area contributed by atoms with Gasteiger partial charge < -0.3 is 0 Å². The molecule has 0 unspecified atom stereocenters. The summed E-state index contributed by atoms with van der Waals surface area (Å²) in [6.45, 7) is 4.62. The number of hydrogen-bond acceptors (Lipinski definition) is 2. The minimum atomic E-state index is 0.442. The van der Waals surface area contributed by atoms with E-state index in [9.17, 15) is 0 Å². The van der Waals surface area contributed by atoms with Crippen LogP contribution in [-0.4, -0.2) is 9.97 Å². The van der Waals surface area contributed by atoms with Crippen LogP contribution in [0.25, 0.3) is 0 Å². The van der Waals surface area contributed by atoms with Crippen molar-refractivity contribution in [1.82, 2.24) is 9.97 Å². The van der Waals surface area contributed by atoms with E-state index in [1.54, 1.807) is 6.33 Å². The maximum absolute atomic E-state index is 4.27. The van der Waals surface area contributed by atoms with Crippen molar-refractivity contribution in [2.75, 3.05) is 0 Å². The highest BCUT2D eigenvalue weighted by Crippen LogP contribution is 2.32. The molecule has 1 aromatic rings. The fraction of sp³-hybridized carbons (Fsp3) is 0.600. The highest BCUT2D eigenvalue weighted by molar-refractivity contribution is 5.20. The van der Waals surface area contributed by atoms with Gasteiger partial charge >= 0.3 is 0 Å². The molecule has 0 radical (unpaired) electrons. The fourth-order valence-electron chi connectivity index (χ4n) is 1.82. The average molecular weight is 162 g/mol. The molecule has 0 aromatic carbocycles. The molecule has 1 heterocycles. The molecule has 0 N–H and O–H groups in total. The quantitative estimate of drug-likeness (QED) is 0.583. The summed E-state index contributed by atoms with van der Waals surface area (Å²) < 4.78 is 0. The van der Waals surface area contributed by atoms with Crippen molar-refractivity contribution in [3.05, 3.63) is 23.8 Å². The minimum Gasteiger partial charge on any atom is -0.245 e. The standard InChI is InChI=1S/C10H14N2/c1-10(2)4-3-9-8(5-10)6-11-7-12-9/h6-7H,3-5H2,1-2H3. The van der Waals surface area contributed by atoms with Gasteiger partial charge in [-0.05, 0) is 30.2 Å². The third kappa shape index (κ3) is 1.33. The first-order chi connectivity index (χ1) is 5.67. The molecule has 0 amide bonds. The van der Waals surface area contributed by atoms with E-state index in [4.69, 9.17) is 0 Å². The summed E-state index contributed by atoms with van der Waals surface area (Å²) in [6.07, 6.45) is 7.10. The molecule has 0 saturated carbocycles. The Morgan fingerprint density at radius 1 is 1.42 bits per heavy atom. The van der Waals surface area contributed by atoms with Crippen molar-refractivity contribution in [2.24, 2.45) is 5.41 Å². The van der Waals surface area contributed by atoms with Gasteiger partial charge in [-0.1, -0.05) is 13.8 Å². The Bertz CT molecular complexity index is 292. The van der Waals surface area contributed by atoms with Crippen molar-refractivity contribution >= 4 is 0 Å². The molecule has 1 aliphatic rings. The second-order valence-electron chi connectivity index (χ2n) is 4.34. The molecule has 0 fully saturated rings. The monoisotopic (exact) mass is 162 g/mol. The minimum absolute atomic E-state index is 0.442. The number of aromatic nitrogens is 2. The summed E-state index contributed by atoms with van der Waals surface area (Å²) in [5.74, 6) is 0. The van der Waals surface area contributed by atoms with Crippen LogP contribution in [0.3, 0.4) is 0 Å². The Morgan fingerprint density at radius 2 is 2.25 bits per heavy atom. The lowest BCUT2D eigenvalue weighted by atomic mass is 9.76. The molecular weight excluding hydrogens is 148 g/mol. The Kier molecular flexibility index (Phi) is 1.63. The third-order valence-electron chi connectivity index (χ3n) is 2.59. The first kappa shape index (κ1) is 7.71. The number of hydrogen-bond donors (Lipinski definition) is 0. The molecule has 2 heteroatoms. The zero-order valence-electron chi connectivity index (χ0n) is 7.67. The summed E-state index contributed by atoms with van der Waals surface area (Å²) >= 11 is 0. The van der Waals surface area contributed by atoms with E-state index in [0.29, 0.717) is 5.41 Å². The summed E-state index contributed by atoms with van der Waals surface area (Å²) in [4.78, 5) is 8.33. The van der Waals surface area contributed by atoms with Crippen LogP contribution in [0.15, 0.2) is 12.5 Å². The first-order valence-corrected chi connectivity index (χ1v) is 4.45. The van der Waals surface area contributed by atoms with Crippen molar-refractivity contribution < 1.29 is 0 Å². The molecule has 1 aromatic heterocycles. The maximum atomic E-state index is 4.27. The van der Waals surface area contributed by atoms with Gasteiger partial charge in [0.2, 0.25) is 0 Å². The zero-order valence-corrected chi connectivity index (χ0v) is 7.67. The molecule has 0 atom stereocenters. The Morgan fingerprint density at radius 3 is 3.08 bits per heavy atom. The van der Waals surface area contributed by atoms with Gasteiger partial charge in [-0.15, -0.1) is 0 Å².